The Kier molecular flexibility index (Phi) is 8.12. The average Bonchev–Trinajstić information content (AvgIpc) is 2.58. The van der Waals surface area contributed by atoms with E-state index in [9.17, 15) is 19.5 Å². The maximum Gasteiger partial charge on any atom is 0.330 e. The third-order valence-electron chi connectivity index (χ3n) is 3.77. The molecule has 1 rings (SSSR count). The smallest absolute Gasteiger partial charge is 0.330 e. The summed E-state index contributed by atoms with van der Waals surface area (Å²) < 4.78 is 4.54. The lowest BCUT2D eigenvalue weighted by molar-refractivity contribution is -0.146. The molecule has 0 saturated carbocycles. The van der Waals surface area contributed by atoms with Crippen LogP contribution in [0.2, 0.25) is 0 Å². The summed E-state index contributed by atoms with van der Waals surface area (Å²) in [7, 11) is 1.18. The van der Waals surface area contributed by atoms with Crippen LogP contribution in [0.4, 0.5) is 0 Å². The van der Waals surface area contributed by atoms with E-state index in [1.807, 2.05) is 30.3 Å². The van der Waals surface area contributed by atoms with Crippen molar-refractivity contribution in [2.75, 3.05) is 13.7 Å². The van der Waals surface area contributed by atoms with Crippen LogP contribution in [-0.4, -0.2) is 42.5 Å². The highest BCUT2D eigenvalue weighted by Crippen LogP contribution is 2.16. The Labute approximate surface area is 142 Å². The predicted molar refractivity (Wildman–Crippen MR) is 89.1 cm³/mol. The highest BCUT2D eigenvalue weighted by Gasteiger charge is 2.28. The van der Waals surface area contributed by atoms with Gasteiger partial charge in [0.2, 0.25) is 5.91 Å². The Morgan fingerprint density at radius 2 is 1.79 bits per heavy atom. The van der Waals surface area contributed by atoms with Crippen molar-refractivity contribution in [3.8, 4) is 0 Å². The Morgan fingerprint density at radius 1 is 1.17 bits per heavy atom. The lowest BCUT2D eigenvalue weighted by Gasteiger charge is -2.20. The third-order valence-corrected chi connectivity index (χ3v) is 3.77. The van der Waals surface area contributed by atoms with Crippen LogP contribution in [0.1, 0.15) is 25.8 Å². The molecule has 0 spiro atoms. The van der Waals surface area contributed by atoms with Crippen molar-refractivity contribution in [1.29, 1.82) is 0 Å². The molecule has 0 aliphatic heterocycles. The molecule has 2 atom stereocenters. The van der Waals surface area contributed by atoms with E-state index in [0.717, 1.165) is 5.56 Å². The van der Waals surface area contributed by atoms with Crippen molar-refractivity contribution in [2.24, 2.45) is 11.8 Å². The van der Waals surface area contributed by atoms with Crippen LogP contribution in [0.5, 0.6) is 0 Å². The van der Waals surface area contributed by atoms with Gasteiger partial charge in [0.1, 0.15) is 5.78 Å². The first-order chi connectivity index (χ1) is 11.4. The van der Waals surface area contributed by atoms with Crippen molar-refractivity contribution in [3.63, 3.8) is 0 Å². The Morgan fingerprint density at radius 3 is 2.29 bits per heavy atom. The number of carbonyl (C=O) groups excluding carboxylic acids is 3. The SMILES string of the molecule is COC(=O)[C@H](CO)NC(=O)[C@@H](CC(=O)C(C)C)Cc1ccccc1. The van der Waals surface area contributed by atoms with Crippen LogP contribution in [0.3, 0.4) is 0 Å². The molecule has 0 aliphatic rings. The average molecular weight is 335 g/mol. The first-order valence-corrected chi connectivity index (χ1v) is 7.94. The summed E-state index contributed by atoms with van der Waals surface area (Å²) in [6.07, 6.45) is 0.460. The quantitative estimate of drug-likeness (QED) is 0.660. The van der Waals surface area contributed by atoms with Gasteiger partial charge in [-0.3, -0.25) is 9.59 Å². The first kappa shape index (κ1) is 19.8. The number of ether oxygens (including phenoxy) is 1. The number of amides is 1. The highest BCUT2D eigenvalue weighted by atomic mass is 16.5. The van der Waals surface area contributed by atoms with Gasteiger partial charge in [-0.05, 0) is 12.0 Å². The van der Waals surface area contributed by atoms with E-state index in [0.29, 0.717) is 6.42 Å². The minimum atomic E-state index is -1.13. The van der Waals surface area contributed by atoms with Crippen molar-refractivity contribution in [1.82, 2.24) is 5.32 Å². The number of nitrogens with one attached hydrogen (secondary N) is 1. The largest absolute Gasteiger partial charge is 0.467 e. The van der Waals surface area contributed by atoms with Crippen molar-refractivity contribution < 1.29 is 24.2 Å². The molecule has 0 saturated heterocycles. The van der Waals surface area contributed by atoms with Crippen LogP contribution >= 0.6 is 0 Å². The molecule has 0 unspecified atom stereocenters. The van der Waals surface area contributed by atoms with Gasteiger partial charge in [0.15, 0.2) is 6.04 Å². The molecule has 1 aromatic carbocycles. The van der Waals surface area contributed by atoms with Gasteiger partial charge in [-0.15, -0.1) is 0 Å². The molecule has 24 heavy (non-hydrogen) atoms. The van der Waals surface area contributed by atoms with E-state index in [1.54, 1.807) is 13.8 Å². The fraction of sp³-hybridized carbons (Fsp3) is 0.500. The Hall–Kier alpha value is -2.21. The van der Waals surface area contributed by atoms with Gasteiger partial charge in [-0.25, -0.2) is 4.79 Å². The van der Waals surface area contributed by atoms with Crippen LogP contribution in [0.25, 0.3) is 0 Å². The number of hydrogen-bond acceptors (Lipinski definition) is 5. The van der Waals surface area contributed by atoms with E-state index < -0.39 is 30.4 Å². The minimum Gasteiger partial charge on any atom is -0.467 e. The number of esters is 1. The fourth-order valence-electron chi connectivity index (χ4n) is 2.25. The first-order valence-electron chi connectivity index (χ1n) is 7.94. The Balaban J connectivity index is 2.88. The van der Waals surface area contributed by atoms with Crippen molar-refractivity contribution >= 4 is 17.7 Å². The number of aliphatic hydroxyl groups excluding tert-OH is 1. The molecule has 2 N–H and O–H groups in total. The normalized spacial score (nSPS) is 13.2. The number of methoxy groups -OCH3 is 1. The second kappa shape index (κ2) is 9.82. The third kappa shape index (κ3) is 6.12. The van der Waals surface area contributed by atoms with E-state index in [4.69, 9.17) is 0 Å². The molecule has 0 radical (unpaired) electrons. The number of aliphatic hydroxyl groups is 1. The number of carbonyl (C=O) groups is 3. The van der Waals surface area contributed by atoms with Gasteiger partial charge in [-0.1, -0.05) is 44.2 Å². The molecule has 1 amide bonds. The molecule has 0 heterocycles. The van der Waals surface area contributed by atoms with Gasteiger partial charge in [0.25, 0.3) is 0 Å². The lowest BCUT2D eigenvalue weighted by Crippen LogP contribution is -2.47. The zero-order chi connectivity index (χ0) is 18.1. The van der Waals surface area contributed by atoms with E-state index >= 15 is 0 Å². The molecule has 1 aromatic rings. The van der Waals surface area contributed by atoms with Gasteiger partial charge < -0.3 is 15.2 Å². The summed E-state index contributed by atoms with van der Waals surface area (Å²) >= 11 is 0. The zero-order valence-electron chi connectivity index (χ0n) is 14.3. The van der Waals surface area contributed by atoms with Gasteiger partial charge in [0, 0.05) is 18.3 Å². The molecule has 0 bridgehead atoms. The maximum absolute atomic E-state index is 12.5. The number of hydrogen-bond donors (Lipinski definition) is 2. The van der Waals surface area contributed by atoms with Gasteiger partial charge >= 0.3 is 5.97 Å². The minimum absolute atomic E-state index is 0.0234. The summed E-state index contributed by atoms with van der Waals surface area (Å²) in [6, 6.07) is 8.22. The van der Waals surface area contributed by atoms with E-state index in [-0.39, 0.29) is 18.1 Å². The van der Waals surface area contributed by atoms with Crippen LogP contribution in [0.15, 0.2) is 30.3 Å². The molecule has 0 aliphatic carbocycles. The topological polar surface area (TPSA) is 92.7 Å². The number of rotatable bonds is 9. The predicted octanol–water partition coefficient (Wildman–Crippen LogP) is 1.11. The number of Topliss-reactive ketones (excluding diaryl/α,β-unsaturated/α-hetero) is 1. The number of benzene rings is 1. The molecule has 0 fully saturated rings. The summed E-state index contributed by atoms with van der Waals surface area (Å²) in [6.45, 7) is 3.00. The van der Waals surface area contributed by atoms with Crippen LogP contribution in [-0.2, 0) is 25.5 Å². The standard InChI is InChI=1S/C18H25NO5/c1-12(2)16(21)10-14(9-13-7-5-4-6-8-13)17(22)19-15(11-20)18(23)24-3/h4-8,12,14-15,20H,9-11H2,1-3H3,(H,19,22)/t14-,15+/m1/s1. The molecular formula is C18H25NO5. The Bertz CT molecular complexity index is 556. The monoisotopic (exact) mass is 335 g/mol. The van der Waals surface area contributed by atoms with E-state index in [2.05, 4.69) is 10.1 Å². The van der Waals surface area contributed by atoms with E-state index in [1.165, 1.54) is 7.11 Å². The lowest BCUT2D eigenvalue weighted by atomic mass is 9.90. The number of ketones is 1. The molecular weight excluding hydrogens is 310 g/mol. The second-order valence-corrected chi connectivity index (χ2v) is 5.98. The zero-order valence-corrected chi connectivity index (χ0v) is 14.3. The summed E-state index contributed by atoms with van der Waals surface area (Å²) in [4.78, 5) is 36.1. The fourth-order valence-corrected chi connectivity index (χ4v) is 2.25. The van der Waals surface area contributed by atoms with Crippen molar-refractivity contribution in [2.45, 2.75) is 32.7 Å². The second-order valence-electron chi connectivity index (χ2n) is 5.98. The van der Waals surface area contributed by atoms with Crippen LogP contribution in [0, 0.1) is 11.8 Å². The molecule has 6 heteroatoms. The molecule has 0 aromatic heterocycles. The summed E-state index contributed by atoms with van der Waals surface area (Å²) in [5, 5.41) is 11.7. The maximum atomic E-state index is 12.5. The van der Waals surface area contributed by atoms with Crippen molar-refractivity contribution in [3.05, 3.63) is 35.9 Å². The summed E-state index contributed by atoms with van der Waals surface area (Å²) in [5.74, 6) is -1.98. The molecule has 132 valence electrons. The summed E-state index contributed by atoms with van der Waals surface area (Å²) in [5.41, 5.74) is 0.924. The highest BCUT2D eigenvalue weighted by molar-refractivity contribution is 5.90. The van der Waals surface area contributed by atoms with Gasteiger partial charge in [0.05, 0.1) is 13.7 Å². The van der Waals surface area contributed by atoms with Gasteiger partial charge in [-0.2, -0.15) is 0 Å². The van der Waals surface area contributed by atoms with Crippen LogP contribution < -0.4 is 5.32 Å². The molecule has 6 nitrogen and oxygen atoms in total.